The summed E-state index contributed by atoms with van der Waals surface area (Å²) >= 11 is 0. The fourth-order valence-corrected chi connectivity index (χ4v) is 3.25. The van der Waals surface area contributed by atoms with Crippen LogP contribution in [-0.2, 0) is 4.65 Å². The largest absolute Gasteiger partial charge is 0.427 e. The number of rotatable bonds is 4. The molecule has 0 saturated heterocycles. The molecule has 3 rings (SSSR count). The van der Waals surface area contributed by atoms with Crippen molar-refractivity contribution in [3.63, 3.8) is 0 Å². The fraction of sp³-hybridized carbons (Fsp3) is 0.400. The molecule has 0 aromatic carbocycles. The third-order valence-electron chi connectivity index (χ3n) is 6.12. The molecule has 0 unspecified atom stereocenters. The van der Waals surface area contributed by atoms with Gasteiger partial charge in [-0.15, -0.1) is 0 Å². The Morgan fingerprint density at radius 1 is 1.06 bits per heavy atom. The molecule has 3 nitrogen and oxygen atoms in total. The second-order valence-electron chi connectivity index (χ2n) is 9.21. The third-order valence-corrected chi connectivity index (χ3v) is 6.12. The Morgan fingerprint density at radius 2 is 1.78 bits per heavy atom. The van der Waals surface area contributed by atoms with Crippen molar-refractivity contribution in [1.82, 2.24) is 4.98 Å². The first-order chi connectivity index (χ1) is 14.8. The molecule has 0 spiro atoms. The van der Waals surface area contributed by atoms with E-state index in [1.54, 1.807) is 33.6 Å². The van der Waals surface area contributed by atoms with Gasteiger partial charge < -0.3 is 9.76 Å². The first kappa shape index (κ1) is 24.3. The van der Waals surface area contributed by atoms with Crippen molar-refractivity contribution in [2.24, 2.45) is 0 Å². The van der Waals surface area contributed by atoms with Crippen LogP contribution >= 0.6 is 0 Å². The molecule has 0 aliphatic heterocycles. The number of alkyl halides is 3. The summed E-state index contributed by atoms with van der Waals surface area (Å²) in [6.45, 7) is 8.96. The Morgan fingerprint density at radius 3 is 2.34 bits per heavy atom. The van der Waals surface area contributed by atoms with E-state index in [1.807, 2.05) is 45.1 Å². The van der Waals surface area contributed by atoms with Crippen LogP contribution < -0.4 is 10.6 Å². The van der Waals surface area contributed by atoms with Gasteiger partial charge in [0.15, 0.2) is 0 Å². The number of allylic oxidation sites excluding steroid dienone is 8. The van der Waals surface area contributed by atoms with Crippen molar-refractivity contribution < 1.29 is 22.9 Å². The zero-order valence-corrected chi connectivity index (χ0v) is 19.0. The standard InChI is InChI=1S/C25H28BF3NO2/c1-16-13-22(30-15-21(16)18-7-6-8-19(14-18)25(27,28)29)17-9-11-20(12-10-17)26-32-24(4,5)23(2,3)31/h6-9,11-13,15,31H,10,14H2,1-5H3. The highest BCUT2D eigenvalue weighted by molar-refractivity contribution is 6.39. The van der Waals surface area contributed by atoms with Crippen molar-refractivity contribution in [3.05, 3.63) is 75.9 Å². The SMILES string of the molecule is Cc1cc(=C2C=CC([B]OC(C)(C)C(C)(C)O)=CC2)ncc1=C1C=CC=C(C(F)(F)F)C1. The molecule has 0 bridgehead atoms. The maximum atomic E-state index is 13.1. The Kier molecular flexibility index (Phi) is 6.73. The second-order valence-corrected chi connectivity index (χ2v) is 9.21. The highest BCUT2D eigenvalue weighted by Crippen LogP contribution is 2.33. The van der Waals surface area contributed by atoms with Crippen molar-refractivity contribution in [1.29, 1.82) is 0 Å². The van der Waals surface area contributed by atoms with Gasteiger partial charge in [0.05, 0.1) is 16.6 Å². The normalized spacial score (nSPS) is 20.8. The van der Waals surface area contributed by atoms with E-state index in [0.29, 0.717) is 12.0 Å². The number of aliphatic hydroxyl groups is 1. The fourth-order valence-electron chi connectivity index (χ4n) is 3.25. The Bertz CT molecular complexity index is 1130. The maximum absolute atomic E-state index is 13.1. The Labute approximate surface area is 187 Å². The van der Waals surface area contributed by atoms with E-state index in [-0.39, 0.29) is 6.42 Å². The van der Waals surface area contributed by atoms with Gasteiger partial charge in [0.2, 0.25) is 0 Å². The predicted molar refractivity (Wildman–Crippen MR) is 122 cm³/mol. The average molecular weight is 442 g/mol. The third kappa shape index (κ3) is 5.51. The summed E-state index contributed by atoms with van der Waals surface area (Å²) in [5.41, 5.74) is 1.12. The van der Waals surface area contributed by atoms with Gasteiger partial charge >= 0.3 is 13.7 Å². The molecule has 0 fully saturated rings. The van der Waals surface area contributed by atoms with Crippen LogP contribution in [0.1, 0.15) is 46.1 Å². The number of hydrogen-bond donors (Lipinski definition) is 1. The van der Waals surface area contributed by atoms with Crippen molar-refractivity contribution in [2.75, 3.05) is 0 Å². The molecule has 1 heterocycles. The van der Waals surface area contributed by atoms with E-state index < -0.39 is 23.0 Å². The van der Waals surface area contributed by atoms with Crippen LogP contribution in [0.5, 0.6) is 0 Å². The molecule has 0 amide bonds. The summed E-state index contributed by atoms with van der Waals surface area (Å²) in [7, 11) is 1.64. The minimum atomic E-state index is -4.33. The first-order valence-electron chi connectivity index (χ1n) is 10.5. The topological polar surface area (TPSA) is 42.4 Å². The smallest absolute Gasteiger partial charge is 0.413 e. The van der Waals surface area contributed by atoms with E-state index >= 15 is 0 Å². The van der Waals surface area contributed by atoms with Gasteiger partial charge in [-0.1, -0.05) is 41.9 Å². The van der Waals surface area contributed by atoms with Crippen LogP contribution in [0.15, 0.2) is 59.8 Å². The van der Waals surface area contributed by atoms with E-state index in [4.69, 9.17) is 4.65 Å². The molecule has 32 heavy (non-hydrogen) atoms. The summed E-state index contributed by atoms with van der Waals surface area (Å²) < 4.78 is 45.0. The van der Waals surface area contributed by atoms with Gasteiger partial charge in [0, 0.05) is 18.2 Å². The summed E-state index contributed by atoms with van der Waals surface area (Å²) in [5, 5.41) is 11.7. The highest BCUT2D eigenvalue weighted by Gasteiger charge is 2.36. The van der Waals surface area contributed by atoms with Crippen LogP contribution in [0.2, 0.25) is 0 Å². The zero-order valence-electron chi connectivity index (χ0n) is 19.0. The summed E-state index contributed by atoms with van der Waals surface area (Å²) in [5.74, 6) is 0. The first-order valence-corrected chi connectivity index (χ1v) is 10.5. The molecule has 7 heteroatoms. The predicted octanol–water partition coefficient (Wildman–Crippen LogP) is 4.17. The minimum Gasteiger partial charge on any atom is -0.427 e. The molecule has 0 atom stereocenters. The molecular formula is C25H28BF3NO2. The van der Waals surface area contributed by atoms with E-state index in [2.05, 4.69) is 4.98 Å². The van der Waals surface area contributed by atoms with Crippen molar-refractivity contribution >= 4 is 18.6 Å². The summed E-state index contributed by atoms with van der Waals surface area (Å²) in [4.78, 5) is 4.52. The summed E-state index contributed by atoms with van der Waals surface area (Å²) in [6, 6.07) is 1.91. The molecule has 1 radical (unpaired) electrons. The lowest BCUT2D eigenvalue weighted by molar-refractivity contribution is -0.0927. The Balaban J connectivity index is 1.79. The monoisotopic (exact) mass is 442 g/mol. The molecule has 2 aliphatic rings. The lowest BCUT2D eigenvalue weighted by Crippen LogP contribution is -2.48. The molecule has 0 saturated carbocycles. The molecule has 2 aliphatic carbocycles. The Hall–Kier alpha value is -2.38. The van der Waals surface area contributed by atoms with Gasteiger partial charge in [-0.25, -0.2) is 0 Å². The lowest BCUT2D eigenvalue weighted by atomic mass is 9.79. The van der Waals surface area contributed by atoms with Gasteiger partial charge in [0.1, 0.15) is 0 Å². The lowest BCUT2D eigenvalue weighted by Gasteiger charge is -2.37. The number of aromatic nitrogens is 1. The highest BCUT2D eigenvalue weighted by atomic mass is 19.4. The minimum absolute atomic E-state index is 0.152. The van der Waals surface area contributed by atoms with Gasteiger partial charge in [-0.2, -0.15) is 13.2 Å². The second kappa shape index (κ2) is 8.87. The number of halogens is 3. The van der Waals surface area contributed by atoms with Gasteiger partial charge in [-0.3, -0.25) is 4.98 Å². The van der Waals surface area contributed by atoms with E-state index in [9.17, 15) is 18.3 Å². The van der Waals surface area contributed by atoms with Crippen LogP contribution in [-0.4, -0.2) is 35.0 Å². The molecular weight excluding hydrogens is 414 g/mol. The van der Waals surface area contributed by atoms with Crippen LogP contribution in [0, 0.1) is 6.92 Å². The number of pyridine rings is 1. The number of aryl methyl sites for hydroxylation is 1. The molecule has 169 valence electrons. The van der Waals surface area contributed by atoms with Crippen LogP contribution in [0.4, 0.5) is 13.2 Å². The van der Waals surface area contributed by atoms with Gasteiger partial charge in [0.25, 0.3) is 0 Å². The molecule has 1 N–H and O–H groups in total. The van der Waals surface area contributed by atoms with Crippen molar-refractivity contribution in [3.8, 4) is 0 Å². The quantitative estimate of drug-likeness (QED) is 0.712. The summed E-state index contributed by atoms with van der Waals surface area (Å²) in [6.07, 6.45) is 8.01. The van der Waals surface area contributed by atoms with Crippen LogP contribution in [0.3, 0.4) is 0 Å². The van der Waals surface area contributed by atoms with E-state index in [0.717, 1.165) is 33.3 Å². The maximum Gasteiger partial charge on any atom is 0.413 e. The average Bonchev–Trinajstić information content (AvgIpc) is 2.71. The van der Waals surface area contributed by atoms with Crippen LogP contribution in [0.25, 0.3) is 11.1 Å². The van der Waals surface area contributed by atoms with Crippen molar-refractivity contribution in [2.45, 2.75) is 64.8 Å². The number of nitrogens with zero attached hydrogens (tertiary/aromatic N) is 1. The number of hydrogen-bond acceptors (Lipinski definition) is 3. The molecule has 1 aromatic rings. The zero-order chi connectivity index (χ0) is 23.7. The van der Waals surface area contributed by atoms with Gasteiger partial charge in [-0.05, 0) is 69.0 Å². The van der Waals surface area contributed by atoms with E-state index in [1.165, 1.54) is 6.08 Å². The molecule has 1 aromatic heterocycles.